The van der Waals surface area contributed by atoms with Gasteiger partial charge >= 0.3 is 0 Å². The standard InChI is InChI=1S/C17H23ClN2O4/c1-4-14-17(22)20(11(2)16(21)19-8-5-9-23-3)13-10-12(18)6-7-15(13)24-14/h6-7,10-11,14H,4-5,8-9H2,1-3H3,(H,19,21). The maximum Gasteiger partial charge on any atom is 0.268 e. The van der Waals surface area contributed by atoms with Gasteiger partial charge in [0.2, 0.25) is 5.91 Å². The van der Waals surface area contributed by atoms with Crippen LogP contribution in [0.1, 0.15) is 26.7 Å². The minimum Gasteiger partial charge on any atom is -0.478 e. The van der Waals surface area contributed by atoms with Gasteiger partial charge in [0.05, 0.1) is 5.69 Å². The van der Waals surface area contributed by atoms with Crippen LogP contribution in [0.2, 0.25) is 5.02 Å². The predicted molar refractivity (Wildman–Crippen MR) is 92.6 cm³/mol. The van der Waals surface area contributed by atoms with Crippen molar-refractivity contribution in [1.29, 1.82) is 0 Å². The Morgan fingerprint density at radius 2 is 2.25 bits per heavy atom. The molecule has 1 aromatic carbocycles. The second-order valence-electron chi connectivity index (χ2n) is 5.65. The molecular formula is C17H23ClN2O4. The highest BCUT2D eigenvalue weighted by Gasteiger charge is 2.38. The van der Waals surface area contributed by atoms with Crippen LogP contribution in [0.4, 0.5) is 5.69 Å². The molecule has 0 radical (unpaired) electrons. The summed E-state index contributed by atoms with van der Waals surface area (Å²) in [4.78, 5) is 26.6. The number of nitrogens with zero attached hydrogens (tertiary/aromatic N) is 1. The Kier molecular flexibility index (Phi) is 6.45. The van der Waals surface area contributed by atoms with Crippen molar-refractivity contribution in [2.75, 3.05) is 25.2 Å². The smallest absolute Gasteiger partial charge is 0.268 e. The number of halogens is 1. The lowest BCUT2D eigenvalue weighted by Gasteiger charge is -2.37. The van der Waals surface area contributed by atoms with Gasteiger partial charge in [0.15, 0.2) is 6.10 Å². The Balaban J connectivity index is 2.21. The zero-order chi connectivity index (χ0) is 17.7. The highest BCUT2D eigenvalue weighted by atomic mass is 35.5. The number of amides is 2. The zero-order valence-electron chi connectivity index (χ0n) is 14.2. The van der Waals surface area contributed by atoms with E-state index >= 15 is 0 Å². The third-order valence-electron chi connectivity index (χ3n) is 3.92. The molecule has 0 aliphatic carbocycles. The highest BCUT2D eigenvalue weighted by Crippen LogP contribution is 2.37. The highest BCUT2D eigenvalue weighted by molar-refractivity contribution is 6.31. The lowest BCUT2D eigenvalue weighted by molar-refractivity contribution is -0.130. The Morgan fingerprint density at radius 1 is 1.50 bits per heavy atom. The molecule has 0 saturated carbocycles. The molecule has 1 N–H and O–H groups in total. The first-order valence-electron chi connectivity index (χ1n) is 8.05. The van der Waals surface area contributed by atoms with Crippen molar-refractivity contribution in [3.05, 3.63) is 23.2 Å². The van der Waals surface area contributed by atoms with Crippen molar-refractivity contribution in [3.8, 4) is 5.75 Å². The molecule has 1 aromatic rings. The van der Waals surface area contributed by atoms with E-state index in [1.165, 1.54) is 4.90 Å². The van der Waals surface area contributed by atoms with E-state index in [9.17, 15) is 9.59 Å². The first kappa shape index (κ1) is 18.5. The van der Waals surface area contributed by atoms with Crippen LogP contribution in [-0.2, 0) is 14.3 Å². The van der Waals surface area contributed by atoms with Gasteiger partial charge in [-0.25, -0.2) is 0 Å². The van der Waals surface area contributed by atoms with Crippen molar-refractivity contribution in [3.63, 3.8) is 0 Å². The Morgan fingerprint density at radius 3 is 2.92 bits per heavy atom. The third-order valence-corrected chi connectivity index (χ3v) is 4.16. The normalized spacial score (nSPS) is 17.9. The lowest BCUT2D eigenvalue weighted by Crippen LogP contribution is -2.54. The first-order valence-corrected chi connectivity index (χ1v) is 8.43. The minimum absolute atomic E-state index is 0.220. The lowest BCUT2D eigenvalue weighted by atomic mass is 10.1. The van der Waals surface area contributed by atoms with Gasteiger partial charge in [0, 0.05) is 25.3 Å². The number of anilines is 1. The van der Waals surface area contributed by atoms with Crippen LogP contribution >= 0.6 is 11.6 Å². The largest absolute Gasteiger partial charge is 0.478 e. The summed E-state index contributed by atoms with van der Waals surface area (Å²) in [5.74, 6) is 0.110. The number of carbonyl (C=O) groups excluding carboxylic acids is 2. The number of hydrogen-bond donors (Lipinski definition) is 1. The number of rotatable bonds is 7. The molecule has 0 aromatic heterocycles. The summed E-state index contributed by atoms with van der Waals surface area (Å²) >= 11 is 6.05. The molecule has 2 amide bonds. The fraction of sp³-hybridized carbons (Fsp3) is 0.529. The van der Waals surface area contributed by atoms with E-state index in [2.05, 4.69) is 5.32 Å². The number of fused-ring (bicyclic) bond motifs is 1. The maximum absolute atomic E-state index is 12.7. The summed E-state index contributed by atoms with van der Waals surface area (Å²) in [6.07, 6.45) is 0.647. The predicted octanol–water partition coefficient (Wildman–Crippen LogP) is 2.39. The fourth-order valence-electron chi connectivity index (χ4n) is 2.61. The van der Waals surface area contributed by atoms with E-state index in [1.54, 1.807) is 32.2 Å². The Bertz CT molecular complexity index is 608. The molecule has 0 fully saturated rings. The van der Waals surface area contributed by atoms with Crippen molar-refractivity contribution in [2.45, 2.75) is 38.8 Å². The van der Waals surface area contributed by atoms with Crippen molar-refractivity contribution >= 4 is 29.1 Å². The number of carbonyl (C=O) groups is 2. The average molecular weight is 355 g/mol. The number of methoxy groups -OCH3 is 1. The molecule has 1 aliphatic rings. The second kappa shape index (κ2) is 8.35. The molecule has 1 aliphatic heterocycles. The second-order valence-corrected chi connectivity index (χ2v) is 6.08. The number of ether oxygens (including phenoxy) is 2. The van der Waals surface area contributed by atoms with Gasteiger partial charge in [0.25, 0.3) is 5.91 Å². The van der Waals surface area contributed by atoms with Crippen LogP contribution in [0.15, 0.2) is 18.2 Å². The molecule has 2 unspecified atom stereocenters. The summed E-state index contributed by atoms with van der Waals surface area (Å²) < 4.78 is 10.7. The molecule has 0 bridgehead atoms. The Labute approximate surface area is 147 Å². The Hall–Kier alpha value is -1.79. The third kappa shape index (κ3) is 3.99. The summed E-state index contributed by atoms with van der Waals surface area (Å²) in [5.41, 5.74) is 0.525. The van der Waals surface area contributed by atoms with Crippen LogP contribution in [0.25, 0.3) is 0 Å². The van der Waals surface area contributed by atoms with Gasteiger partial charge in [-0.2, -0.15) is 0 Å². The topological polar surface area (TPSA) is 67.9 Å². The molecule has 0 saturated heterocycles. The van der Waals surface area contributed by atoms with Crippen molar-refractivity contribution in [1.82, 2.24) is 5.32 Å². The van der Waals surface area contributed by atoms with E-state index in [1.807, 2.05) is 6.92 Å². The average Bonchev–Trinajstić information content (AvgIpc) is 2.57. The van der Waals surface area contributed by atoms with E-state index in [4.69, 9.17) is 21.1 Å². The summed E-state index contributed by atoms with van der Waals surface area (Å²) in [7, 11) is 1.61. The summed E-state index contributed by atoms with van der Waals surface area (Å²) in [6.45, 7) is 4.64. The van der Waals surface area contributed by atoms with Gasteiger partial charge in [-0.05, 0) is 38.0 Å². The van der Waals surface area contributed by atoms with E-state index in [0.717, 1.165) is 0 Å². The molecule has 2 rings (SSSR count). The van der Waals surface area contributed by atoms with Crippen LogP contribution in [0, 0.1) is 0 Å². The fourth-order valence-corrected chi connectivity index (χ4v) is 2.77. The number of benzene rings is 1. The van der Waals surface area contributed by atoms with Crippen molar-refractivity contribution < 1.29 is 19.1 Å². The van der Waals surface area contributed by atoms with Crippen LogP contribution in [-0.4, -0.2) is 44.2 Å². The monoisotopic (exact) mass is 354 g/mol. The van der Waals surface area contributed by atoms with Gasteiger partial charge in [0.1, 0.15) is 11.8 Å². The summed E-state index contributed by atoms with van der Waals surface area (Å²) in [5, 5.41) is 3.31. The van der Waals surface area contributed by atoms with Crippen LogP contribution in [0.5, 0.6) is 5.75 Å². The molecular weight excluding hydrogens is 332 g/mol. The SMILES string of the molecule is CCC1Oc2ccc(Cl)cc2N(C(C)C(=O)NCCCOC)C1=O. The molecule has 132 valence electrons. The van der Waals surface area contributed by atoms with Gasteiger partial charge in [-0.1, -0.05) is 18.5 Å². The van der Waals surface area contributed by atoms with Gasteiger partial charge in [-0.15, -0.1) is 0 Å². The number of hydrogen-bond acceptors (Lipinski definition) is 4. The van der Waals surface area contributed by atoms with Crippen LogP contribution in [0.3, 0.4) is 0 Å². The molecule has 24 heavy (non-hydrogen) atoms. The van der Waals surface area contributed by atoms with Gasteiger partial charge in [-0.3, -0.25) is 14.5 Å². The van der Waals surface area contributed by atoms with Gasteiger partial charge < -0.3 is 14.8 Å². The molecule has 1 heterocycles. The summed E-state index contributed by atoms with van der Waals surface area (Å²) in [6, 6.07) is 4.42. The van der Waals surface area contributed by atoms with Crippen LogP contribution < -0.4 is 15.0 Å². The van der Waals surface area contributed by atoms with E-state index < -0.39 is 12.1 Å². The van der Waals surface area contributed by atoms with Crippen molar-refractivity contribution in [2.24, 2.45) is 0 Å². The maximum atomic E-state index is 12.7. The molecule has 2 atom stereocenters. The van der Waals surface area contributed by atoms with E-state index in [-0.39, 0.29) is 11.8 Å². The minimum atomic E-state index is -0.657. The quantitative estimate of drug-likeness (QED) is 0.763. The molecule has 0 spiro atoms. The zero-order valence-corrected chi connectivity index (χ0v) is 14.9. The molecule has 6 nitrogen and oxygen atoms in total. The first-order chi connectivity index (χ1) is 11.5. The molecule has 7 heteroatoms. The number of nitrogens with one attached hydrogen (secondary N) is 1. The van der Waals surface area contributed by atoms with E-state index in [0.29, 0.717) is 42.5 Å².